The molecule has 0 fully saturated rings. The molecule has 0 aliphatic carbocycles. The molecule has 0 saturated carbocycles. The number of aromatic nitrogens is 1. The summed E-state index contributed by atoms with van der Waals surface area (Å²) >= 11 is 0. The molecule has 0 amide bonds. The Morgan fingerprint density at radius 1 is 1.00 bits per heavy atom. The topological polar surface area (TPSA) is 112 Å². The maximum Gasteiger partial charge on any atom is 0.321 e. The minimum atomic E-state index is -4.32. The van der Waals surface area contributed by atoms with Gasteiger partial charge in [-0.3, -0.25) is 4.79 Å². The Morgan fingerprint density at radius 3 is 2.32 bits per heavy atom. The predicted molar refractivity (Wildman–Crippen MR) is 103 cm³/mol. The molecular formula is C18H18N2O6S2. The number of carbonyl (C=O) groups is 1. The third kappa shape index (κ3) is 3.79. The van der Waals surface area contributed by atoms with Crippen molar-refractivity contribution in [1.29, 1.82) is 0 Å². The van der Waals surface area contributed by atoms with Gasteiger partial charge in [-0.05, 0) is 31.2 Å². The standard InChI is InChI=1S/C18H18N2O6S2/c1-2-26-18(21)13-19-27(22,23)17-12-14-8-6-7-11-16(14)20(17)28(24,25)15-9-4-3-5-10-15/h3-12,19H,2,13H2,1H3. The van der Waals surface area contributed by atoms with E-state index in [1.807, 2.05) is 0 Å². The molecule has 2 aromatic carbocycles. The smallest absolute Gasteiger partial charge is 0.321 e. The average molecular weight is 422 g/mol. The van der Waals surface area contributed by atoms with Crippen LogP contribution in [0.4, 0.5) is 0 Å². The normalized spacial score (nSPS) is 12.2. The van der Waals surface area contributed by atoms with Crippen LogP contribution in [0.15, 0.2) is 70.6 Å². The lowest BCUT2D eigenvalue weighted by Crippen LogP contribution is -2.33. The van der Waals surface area contributed by atoms with Crippen LogP contribution in [-0.2, 0) is 29.6 Å². The lowest BCUT2D eigenvalue weighted by Gasteiger charge is -2.13. The molecule has 1 heterocycles. The van der Waals surface area contributed by atoms with Gasteiger partial charge in [-0.2, -0.15) is 4.72 Å². The van der Waals surface area contributed by atoms with E-state index in [4.69, 9.17) is 4.74 Å². The fourth-order valence-corrected chi connectivity index (χ4v) is 5.75. The third-order valence-electron chi connectivity index (χ3n) is 3.90. The SMILES string of the molecule is CCOC(=O)CNS(=O)(=O)c1cc2ccccc2n1S(=O)(=O)c1ccccc1. The van der Waals surface area contributed by atoms with E-state index in [9.17, 15) is 21.6 Å². The molecule has 0 bridgehead atoms. The van der Waals surface area contributed by atoms with Crippen molar-refractivity contribution < 1.29 is 26.4 Å². The Kier molecular flexibility index (Phi) is 5.54. The molecule has 1 aromatic heterocycles. The molecule has 0 unspecified atom stereocenters. The van der Waals surface area contributed by atoms with Gasteiger partial charge in [0.15, 0.2) is 5.03 Å². The lowest BCUT2D eigenvalue weighted by atomic mass is 10.3. The van der Waals surface area contributed by atoms with E-state index < -0.39 is 37.6 Å². The van der Waals surface area contributed by atoms with Crippen molar-refractivity contribution in [2.45, 2.75) is 16.8 Å². The minimum absolute atomic E-state index is 0.0572. The van der Waals surface area contributed by atoms with Crippen molar-refractivity contribution in [3.63, 3.8) is 0 Å². The highest BCUT2D eigenvalue weighted by molar-refractivity contribution is 7.92. The van der Waals surface area contributed by atoms with Gasteiger partial charge >= 0.3 is 5.97 Å². The number of nitrogens with one attached hydrogen (secondary N) is 1. The highest BCUT2D eigenvalue weighted by atomic mass is 32.2. The first-order valence-electron chi connectivity index (χ1n) is 8.34. The summed E-state index contributed by atoms with van der Waals surface area (Å²) in [6, 6.07) is 15.2. The Labute approximate surface area is 162 Å². The van der Waals surface area contributed by atoms with Crippen molar-refractivity contribution in [1.82, 2.24) is 8.69 Å². The molecule has 0 spiro atoms. The second-order valence-corrected chi connectivity index (χ2v) is 9.25. The van der Waals surface area contributed by atoms with Crippen LogP contribution in [0.3, 0.4) is 0 Å². The summed E-state index contributed by atoms with van der Waals surface area (Å²) in [4.78, 5) is 11.5. The van der Waals surface area contributed by atoms with Gasteiger partial charge in [0.2, 0.25) is 0 Å². The van der Waals surface area contributed by atoms with Crippen molar-refractivity contribution in [3.8, 4) is 0 Å². The highest BCUT2D eigenvalue weighted by Crippen LogP contribution is 2.28. The van der Waals surface area contributed by atoms with E-state index in [2.05, 4.69) is 4.72 Å². The number of carbonyl (C=O) groups excluding carboxylic acids is 1. The molecule has 10 heteroatoms. The van der Waals surface area contributed by atoms with Crippen molar-refractivity contribution in [2.24, 2.45) is 0 Å². The molecular weight excluding hydrogens is 404 g/mol. The van der Waals surface area contributed by atoms with Gasteiger partial charge in [-0.1, -0.05) is 36.4 Å². The number of nitrogens with zero attached hydrogens (tertiary/aromatic N) is 1. The van der Waals surface area contributed by atoms with Gasteiger partial charge in [0.05, 0.1) is 17.0 Å². The zero-order valence-corrected chi connectivity index (χ0v) is 16.5. The summed E-state index contributed by atoms with van der Waals surface area (Å²) in [5.41, 5.74) is 0.211. The molecule has 3 aromatic rings. The van der Waals surface area contributed by atoms with Crippen LogP contribution in [0.2, 0.25) is 0 Å². The largest absolute Gasteiger partial charge is 0.465 e. The first-order valence-corrected chi connectivity index (χ1v) is 11.3. The summed E-state index contributed by atoms with van der Waals surface area (Å²) in [7, 11) is -8.53. The van der Waals surface area contributed by atoms with E-state index in [1.165, 1.54) is 24.3 Å². The maximum absolute atomic E-state index is 13.2. The maximum atomic E-state index is 13.2. The second kappa shape index (κ2) is 7.74. The molecule has 0 atom stereocenters. The van der Waals surface area contributed by atoms with E-state index in [0.717, 1.165) is 3.97 Å². The zero-order valence-electron chi connectivity index (χ0n) is 14.9. The van der Waals surface area contributed by atoms with Crippen molar-refractivity contribution in [2.75, 3.05) is 13.2 Å². The van der Waals surface area contributed by atoms with Gasteiger partial charge in [-0.25, -0.2) is 20.8 Å². The highest BCUT2D eigenvalue weighted by Gasteiger charge is 2.30. The third-order valence-corrected chi connectivity index (χ3v) is 7.14. The number of ether oxygens (including phenoxy) is 1. The van der Waals surface area contributed by atoms with Crippen LogP contribution in [-0.4, -0.2) is 39.9 Å². The number of para-hydroxylation sites is 1. The molecule has 148 valence electrons. The van der Waals surface area contributed by atoms with Crippen LogP contribution in [0.1, 0.15) is 6.92 Å². The fourth-order valence-electron chi connectivity index (χ4n) is 2.68. The quantitative estimate of drug-likeness (QED) is 0.581. The Balaban J connectivity index is 2.17. The van der Waals surface area contributed by atoms with Crippen LogP contribution < -0.4 is 4.72 Å². The number of fused-ring (bicyclic) bond motifs is 1. The minimum Gasteiger partial charge on any atom is -0.465 e. The van der Waals surface area contributed by atoms with Crippen molar-refractivity contribution >= 4 is 36.9 Å². The number of sulfonamides is 1. The monoisotopic (exact) mass is 422 g/mol. The van der Waals surface area contributed by atoms with Crippen LogP contribution in [0, 0.1) is 0 Å². The predicted octanol–water partition coefficient (Wildman–Crippen LogP) is 1.72. The second-order valence-electron chi connectivity index (χ2n) is 5.75. The molecule has 0 saturated heterocycles. The van der Waals surface area contributed by atoms with Crippen molar-refractivity contribution in [3.05, 3.63) is 60.7 Å². The Morgan fingerprint density at radius 2 is 1.64 bits per heavy atom. The summed E-state index contributed by atoms with van der Waals surface area (Å²) in [5, 5.41) is -0.0552. The average Bonchev–Trinajstić information content (AvgIpc) is 3.09. The van der Waals surface area contributed by atoms with E-state index in [-0.39, 0.29) is 17.0 Å². The van der Waals surface area contributed by atoms with Gasteiger partial charge in [0.25, 0.3) is 20.0 Å². The number of benzene rings is 2. The number of esters is 1. The first kappa shape index (κ1) is 20.1. The summed E-state index contributed by atoms with van der Waals surface area (Å²) < 4.78 is 59.6. The van der Waals surface area contributed by atoms with E-state index >= 15 is 0 Å². The zero-order chi connectivity index (χ0) is 20.4. The number of rotatable bonds is 7. The first-order chi connectivity index (χ1) is 13.3. The van der Waals surface area contributed by atoms with E-state index in [1.54, 1.807) is 43.3 Å². The molecule has 0 radical (unpaired) electrons. The van der Waals surface area contributed by atoms with Crippen LogP contribution in [0.5, 0.6) is 0 Å². The molecule has 0 aliphatic heterocycles. The molecule has 0 aliphatic rings. The summed E-state index contributed by atoms with van der Waals surface area (Å²) in [6.45, 7) is 1.09. The van der Waals surface area contributed by atoms with Crippen LogP contribution >= 0.6 is 0 Å². The van der Waals surface area contributed by atoms with Gasteiger partial charge in [-0.15, -0.1) is 0 Å². The fraction of sp³-hybridized carbons (Fsp3) is 0.167. The van der Waals surface area contributed by atoms with Gasteiger partial charge in [0.1, 0.15) is 6.54 Å². The molecule has 3 rings (SSSR count). The van der Waals surface area contributed by atoms with Gasteiger partial charge < -0.3 is 4.74 Å². The number of hydrogen-bond acceptors (Lipinski definition) is 6. The summed E-state index contributed by atoms with van der Waals surface area (Å²) in [6.07, 6.45) is 0. The molecule has 28 heavy (non-hydrogen) atoms. The Hall–Kier alpha value is -2.69. The molecule has 8 nitrogen and oxygen atoms in total. The van der Waals surface area contributed by atoms with Gasteiger partial charge in [0, 0.05) is 5.39 Å². The number of hydrogen-bond donors (Lipinski definition) is 1. The van der Waals surface area contributed by atoms with E-state index in [0.29, 0.717) is 5.39 Å². The Bertz CT molecular complexity index is 1220. The summed E-state index contributed by atoms with van der Waals surface area (Å²) in [5.74, 6) is -0.764. The lowest BCUT2D eigenvalue weighted by molar-refractivity contribution is -0.141. The molecule has 1 N–H and O–H groups in total. The van der Waals surface area contributed by atoms with Crippen LogP contribution in [0.25, 0.3) is 10.9 Å².